The number of nitrogens with zero attached hydrogens (tertiary/aromatic N) is 2. The molecule has 0 heterocycles. The van der Waals surface area contributed by atoms with Gasteiger partial charge >= 0.3 is 0 Å². The fourth-order valence-electron chi connectivity index (χ4n) is 3.58. The van der Waals surface area contributed by atoms with E-state index in [0.717, 1.165) is 16.1 Å². The van der Waals surface area contributed by atoms with E-state index in [-0.39, 0.29) is 23.9 Å². The summed E-state index contributed by atoms with van der Waals surface area (Å²) in [7, 11) is -1.06. The van der Waals surface area contributed by atoms with Crippen LogP contribution in [0.25, 0.3) is 0 Å². The highest BCUT2D eigenvalue weighted by Gasteiger charge is 2.32. The Morgan fingerprint density at radius 3 is 2.23 bits per heavy atom. The van der Waals surface area contributed by atoms with Crippen molar-refractivity contribution in [1.29, 1.82) is 0 Å². The monoisotopic (exact) mass is 525 g/mol. The van der Waals surface area contributed by atoms with E-state index in [0.29, 0.717) is 23.7 Å². The Morgan fingerprint density at radius 1 is 1.06 bits per heavy atom. The third-order valence-electron chi connectivity index (χ3n) is 5.34. The topological polar surface area (TPSA) is 105 Å². The molecule has 1 unspecified atom stereocenters. The van der Waals surface area contributed by atoms with Crippen LogP contribution in [0.5, 0.6) is 11.5 Å². The third-order valence-corrected chi connectivity index (χ3v) is 6.72. The molecule has 9 nitrogen and oxygen atoms in total. The summed E-state index contributed by atoms with van der Waals surface area (Å²) in [6, 6.07) is 10.8. The summed E-state index contributed by atoms with van der Waals surface area (Å²) in [5.41, 5.74) is 0.899. The Morgan fingerprint density at radius 2 is 1.71 bits per heavy atom. The van der Waals surface area contributed by atoms with Crippen LogP contribution in [0.4, 0.5) is 5.69 Å². The molecule has 0 aliphatic heterocycles. The number of hydrogen-bond donors (Lipinski definition) is 1. The number of carbonyl (C=O) groups excluding carboxylic acids is 2. The Bertz CT molecular complexity index is 1120. The van der Waals surface area contributed by atoms with Crippen LogP contribution in [0.15, 0.2) is 42.5 Å². The van der Waals surface area contributed by atoms with Gasteiger partial charge in [0.15, 0.2) is 0 Å². The van der Waals surface area contributed by atoms with Crippen molar-refractivity contribution in [3.8, 4) is 11.5 Å². The average molecular weight is 526 g/mol. The molecule has 2 aromatic rings. The number of halogens is 1. The van der Waals surface area contributed by atoms with Gasteiger partial charge in [-0.1, -0.05) is 30.7 Å². The van der Waals surface area contributed by atoms with E-state index in [4.69, 9.17) is 21.1 Å². The van der Waals surface area contributed by atoms with Crippen molar-refractivity contribution in [2.45, 2.75) is 32.9 Å². The molecular formula is C24H32ClN3O6S. The van der Waals surface area contributed by atoms with Gasteiger partial charge in [-0.3, -0.25) is 13.9 Å². The molecule has 0 radical (unpaired) electrons. The SMILES string of the molecule is CCNC(=O)C(CC)N(Cc1ccc(Cl)cc1)C(=O)CN(c1cc(OC)ccc1OC)S(C)(=O)=O. The molecule has 2 aromatic carbocycles. The van der Waals surface area contributed by atoms with Crippen LogP contribution in [-0.4, -0.2) is 64.7 Å². The lowest BCUT2D eigenvalue weighted by Crippen LogP contribution is -2.52. The van der Waals surface area contributed by atoms with Crippen molar-refractivity contribution < 1.29 is 27.5 Å². The van der Waals surface area contributed by atoms with Crippen LogP contribution in [0, 0.1) is 0 Å². The van der Waals surface area contributed by atoms with Gasteiger partial charge in [0.25, 0.3) is 0 Å². The number of anilines is 1. The first-order chi connectivity index (χ1) is 16.5. The van der Waals surface area contributed by atoms with Gasteiger partial charge in [-0.25, -0.2) is 8.42 Å². The van der Waals surface area contributed by atoms with Crippen LogP contribution >= 0.6 is 11.6 Å². The molecule has 0 spiro atoms. The average Bonchev–Trinajstić information content (AvgIpc) is 2.82. The van der Waals surface area contributed by atoms with Gasteiger partial charge in [0, 0.05) is 24.2 Å². The van der Waals surface area contributed by atoms with Crippen LogP contribution in [0.3, 0.4) is 0 Å². The van der Waals surface area contributed by atoms with Crippen LogP contribution in [0.1, 0.15) is 25.8 Å². The summed E-state index contributed by atoms with van der Waals surface area (Å²) in [5, 5.41) is 3.29. The number of rotatable bonds is 12. The Hall–Kier alpha value is -2.98. The Labute approximate surface area is 212 Å². The second-order valence-electron chi connectivity index (χ2n) is 7.77. The van der Waals surface area contributed by atoms with E-state index in [2.05, 4.69) is 5.32 Å². The molecule has 1 atom stereocenters. The highest BCUT2D eigenvalue weighted by molar-refractivity contribution is 7.92. The van der Waals surface area contributed by atoms with Gasteiger partial charge in [0.05, 0.1) is 26.2 Å². The number of likely N-dealkylation sites (N-methyl/N-ethyl adjacent to an activating group) is 1. The smallest absolute Gasteiger partial charge is 0.244 e. The van der Waals surface area contributed by atoms with E-state index in [1.807, 2.05) is 0 Å². The zero-order valence-electron chi connectivity index (χ0n) is 20.6. The number of benzene rings is 2. The number of nitrogens with one attached hydrogen (secondary N) is 1. The molecule has 11 heteroatoms. The highest BCUT2D eigenvalue weighted by Crippen LogP contribution is 2.34. The molecule has 0 saturated heterocycles. The zero-order valence-corrected chi connectivity index (χ0v) is 22.1. The van der Waals surface area contributed by atoms with Crippen molar-refractivity contribution in [2.24, 2.45) is 0 Å². The first kappa shape index (κ1) is 28.3. The van der Waals surface area contributed by atoms with Crippen molar-refractivity contribution in [1.82, 2.24) is 10.2 Å². The molecule has 0 aliphatic rings. The summed E-state index contributed by atoms with van der Waals surface area (Å²) in [5.74, 6) is -0.215. The Balaban J connectivity index is 2.51. The van der Waals surface area contributed by atoms with E-state index in [1.165, 1.54) is 25.2 Å². The van der Waals surface area contributed by atoms with Gasteiger partial charge in [-0.2, -0.15) is 0 Å². The fourth-order valence-corrected chi connectivity index (χ4v) is 4.56. The second-order valence-corrected chi connectivity index (χ2v) is 10.1. The lowest BCUT2D eigenvalue weighted by atomic mass is 10.1. The predicted octanol–water partition coefficient (Wildman–Crippen LogP) is 3.07. The van der Waals surface area contributed by atoms with Gasteiger partial charge in [-0.15, -0.1) is 0 Å². The number of amides is 2. The zero-order chi connectivity index (χ0) is 26.2. The minimum absolute atomic E-state index is 0.0957. The molecule has 0 bridgehead atoms. The molecule has 0 fully saturated rings. The normalized spacial score (nSPS) is 11.9. The number of carbonyl (C=O) groups is 2. The Kier molecular flexibility index (Phi) is 10.2. The molecule has 0 aromatic heterocycles. The molecule has 35 heavy (non-hydrogen) atoms. The molecule has 1 N–H and O–H groups in total. The molecule has 2 rings (SSSR count). The lowest BCUT2D eigenvalue weighted by molar-refractivity contribution is -0.140. The maximum absolute atomic E-state index is 13.6. The van der Waals surface area contributed by atoms with Crippen molar-refractivity contribution in [3.05, 3.63) is 53.1 Å². The largest absolute Gasteiger partial charge is 0.497 e. The molecule has 0 aliphatic carbocycles. The predicted molar refractivity (Wildman–Crippen MR) is 137 cm³/mol. The number of methoxy groups -OCH3 is 2. The van der Waals surface area contributed by atoms with Gasteiger partial charge in [-0.05, 0) is 43.2 Å². The highest BCUT2D eigenvalue weighted by atomic mass is 35.5. The minimum Gasteiger partial charge on any atom is -0.497 e. The van der Waals surface area contributed by atoms with Gasteiger partial charge < -0.3 is 19.7 Å². The fraction of sp³-hybridized carbons (Fsp3) is 0.417. The maximum atomic E-state index is 13.6. The first-order valence-electron chi connectivity index (χ1n) is 11.1. The van der Waals surface area contributed by atoms with E-state index in [1.54, 1.807) is 50.2 Å². The summed E-state index contributed by atoms with van der Waals surface area (Å²) < 4.78 is 37.1. The summed E-state index contributed by atoms with van der Waals surface area (Å²) in [6.45, 7) is 3.54. The summed E-state index contributed by atoms with van der Waals surface area (Å²) in [4.78, 5) is 27.8. The van der Waals surface area contributed by atoms with Crippen molar-refractivity contribution >= 4 is 39.1 Å². The van der Waals surface area contributed by atoms with E-state index in [9.17, 15) is 18.0 Å². The van der Waals surface area contributed by atoms with Crippen LogP contribution in [0.2, 0.25) is 5.02 Å². The van der Waals surface area contributed by atoms with Gasteiger partial charge in [0.1, 0.15) is 24.1 Å². The third kappa shape index (κ3) is 7.50. The van der Waals surface area contributed by atoms with Crippen LogP contribution in [-0.2, 0) is 26.2 Å². The number of ether oxygens (including phenoxy) is 2. The van der Waals surface area contributed by atoms with Crippen molar-refractivity contribution in [3.63, 3.8) is 0 Å². The van der Waals surface area contributed by atoms with Crippen LogP contribution < -0.4 is 19.1 Å². The first-order valence-corrected chi connectivity index (χ1v) is 13.3. The maximum Gasteiger partial charge on any atom is 0.244 e. The number of sulfonamides is 1. The second kappa shape index (κ2) is 12.6. The molecule has 2 amide bonds. The summed E-state index contributed by atoms with van der Waals surface area (Å²) in [6.07, 6.45) is 1.34. The molecule has 0 saturated carbocycles. The quantitative estimate of drug-likeness (QED) is 0.456. The van der Waals surface area contributed by atoms with Gasteiger partial charge in [0.2, 0.25) is 21.8 Å². The lowest BCUT2D eigenvalue weighted by Gasteiger charge is -2.33. The standard InChI is InChI=1S/C24H32ClN3O6S/c1-6-20(24(30)26-7-2)27(15-17-8-10-18(25)11-9-17)23(29)16-28(35(5,31)32)21-14-19(33-3)12-13-22(21)34-4/h8-14,20H,6-7,15-16H2,1-5H3,(H,26,30). The number of hydrogen-bond acceptors (Lipinski definition) is 6. The summed E-state index contributed by atoms with van der Waals surface area (Å²) >= 11 is 5.99. The minimum atomic E-state index is -3.91. The molecule has 192 valence electrons. The van der Waals surface area contributed by atoms with E-state index < -0.39 is 28.5 Å². The van der Waals surface area contributed by atoms with Crippen molar-refractivity contribution in [2.75, 3.05) is 37.9 Å². The van der Waals surface area contributed by atoms with E-state index >= 15 is 0 Å². The molecular weight excluding hydrogens is 494 g/mol.